The highest BCUT2D eigenvalue weighted by atomic mass is 32.2. The first kappa shape index (κ1) is 16.5. The lowest BCUT2D eigenvalue weighted by molar-refractivity contribution is 0.352. The van der Waals surface area contributed by atoms with E-state index in [1.807, 2.05) is 0 Å². The molecule has 21 heavy (non-hydrogen) atoms. The van der Waals surface area contributed by atoms with Crippen LogP contribution in [0, 0.1) is 5.41 Å². The predicted octanol–water partition coefficient (Wildman–Crippen LogP) is 4.09. The average molecular weight is 309 g/mol. The molecule has 4 heteroatoms. The minimum absolute atomic E-state index is 0.484. The Labute approximate surface area is 132 Å². The Morgan fingerprint density at radius 2 is 1.90 bits per heavy atom. The van der Waals surface area contributed by atoms with E-state index in [0.29, 0.717) is 11.5 Å². The molecule has 0 spiro atoms. The maximum absolute atomic E-state index is 5.42. The van der Waals surface area contributed by atoms with Gasteiger partial charge >= 0.3 is 0 Å². The van der Waals surface area contributed by atoms with E-state index in [0.717, 1.165) is 18.0 Å². The van der Waals surface area contributed by atoms with Crippen molar-refractivity contribution in [2.75, 3.05) is 20.5 Å². The molecule has 1 aromatic rings. The Hall–Kier alpha value is -0.870. The fraction of sp³-hybridized carbons (Fsp3) is 0.647. The third-order valence-corrected chi connectivity index (χ3v) is 5.16. The van der Waals surface area contributed by atoms with Crippen LogP contribution >= 0.6 is 11.8 Å². The van der Waals surface area contributed by atoms with Gasteiger partial charge in [-0.05, 0) is 48.6 Å². The van der Waals surface area contributed by atoms with Gasteiger partial charge in [0.25, 0.3) is 0 Å². The molecule has 1 unspecified atom stereocenters. The topological polar surface area (TPSA) is 30.5 Å². The van der Waals surface area contributed by atoms with Gasteiger partial charge in [0.2, 0.25) is 0 Å². The summed E-state index contributed by atoms with van der Waals surface area (Å²) in [6, 6.07) is 4.79. The Morgan fingerprint density at radius 1 is 1.24 bits per heavy atom. The molecule has 1 saturated carbocycles. The van der Waals surface area contributed by atoms with Crippen molar-refractivity contribution < 1.29 is 9.47 Å². The second-order valence-electron chi connectivity index (χ2n) is 6.50. The molecule has 1 fully saturated rings. The first-order valence-electron chi connectivity index (χ1n) is 7.51. The van der Waals surface area contributed by atoms with Gasteiger partial charge in [-0.25, -0.2) is 0 Å². The van der Waals surface area contributed by atoms with Crippen LogP contribution in [0.1, 0.15) is 38.7 Å². The number of thioether (sulfide) groups is 1. The minimum Gasteiger partial charge on any atom is -0.493 e. The van der Waals surface area contributed by atoms with Gasteiger partial charge in [0.1, 0.15) is 0 Å². The summed E-state index contributed by atoms with van der Waals surface area (Å²) in [6.45, 7) is 5.61. The Morgan fingerprint density at radius 3 is 2.43 bits per heavy atom. The van der Waals surface area contributed by atoms with Crippen LogP contribution in [0.2, 0.25) is 0 Å². The van der Waals surface area contributed by atoms with Gasteiger partial charge in [-0.15, -0.1) is 11.8 Å². The van der Waals surface area contributed by atoms with Crippen molar-refractivity contribution >= 4 is 11.8 Å². The minimum atomic E-state index is 0.484. The molecule has 1 aromatic carbocycles. The largest absolute Gasteiger partial charge is 0.493 e. The van der Waals surface area contributed by atoms with Crippen LogP contribution in [0.25, 0.3) is 0 Å². The normalized spacial score (nSPS) is 20.5. The van der Waals surface area contributed by atoms with Gasteiger partial charge < -0.3 is 14.8 Å². The van der Waals surface area contributed by atoms with Crippen LogP contribution in [-0.4, -0.2) is 26.5 Å². The molecule has 1 N–H and O–H groups in total. The van der Waals surface area contributed by atoms with E-state index in [-0.39, 0.29) is 0 Å². The molecule has 0 saturated heterocycles. The summed E-state index contributed by atoms with van der Waals surface area (Å²) in [5.74, 6) is 1.60. The van der Waals surface area contributed by atoms with E-state index in [9.17, 15) is 0 Å². The SMILES string of the molecule is COc1cc(CNC2CCC(C)(C)C2)c(SC)cc1OC. The summed E-state index contributed by atoms with van der Waals surface area (Å²) in [6.07, 6.45) is 5.94. The van der Waals surface area contributed by atoms with Crippen LogP contribution in [0.4, 0.5) is 0 Å². The summed E-state index contributed by atoms with van der Waals surface area (Å²) in [4.78, 5) is 1.25. The van der Waals surface area contributed by atoms with Gasteiger partial charge in [-0.2, -0.15) is 0 Å². The van der Waals surface area contributed by atoms with Crippen molar-refractivity contribution in [1.29, 1.82) is 0 Å². The molecule has 1 aliphatic carbocycles. The summed E-state index contributed by atoms with van der Waals surface area (Å²) in [7, 11) is 3.37. The third-order valence-electron chi connectivity index (χ3n) is 4.34. The van der Waals surface area contributed by atoms with Gasteiger partial charge in [-0.1, -0.05) is 13.8 Å². The molecule has 0 radical (unpaired) electrons. The second-order valence-corrected chi connectivity index (χ2v) is 7.35. The first-order chi connectivity index (χ1) is 9.99. The van der Waals surface area contributed by atoms with Gasteiger partial charge in [-0.3, -0.25) is 0 Å². The number of methoxy groups -OCH3 is 2. The molecule has 0 bridgehead atoms. The molecule has 0 heterocycles. The molecule has 0 aromatic heterocycles. The number of hydrogen-bond acceptors (Lipinski definition) is 4. The Balaban J connectivity index is 2.08. The van der Waals surface area contributed by atoms with Crippen molar-refractivity contribution in [2.45, 2.75) is 50.6 Å². The van der Waals surface area contributed by atoms with Gasteiger partial charge in [0.15, 0.2) is 11.5 Å². The lowest BCUT2D eigenvalue weighted by Gasteiger charge is -2.19. The van der Waals surface area contributed by atoms with Crippen LogP contribution in [0.15, 0.2) is 17.0 Å². The van der Waals surface area contributed by atoms with Crippen molar-refractivity contribution in [2.24, 2.45) is 5.41 Å². The Kier molecular flexibility index (Phi) is 5.44. The van der Waals surface area contributed by atoms with Crippen molar-refractivity contribution in [3.63, 3.8) is 0 Å². The lowest BCUT2D eigenvalue weighted by atomic mass is 9.92. The van der Waals surface area contributed by atoms with Gasteiger partial charge in [0, 0.05) is 17.5 Å². The van der Waals surface area contributed by atoms with E-state index in [1.165, 1.54) is 29.7 Å². The molecular weight excluding hydrogens is 282 g/mol. The number of rotatable bonds is 6. The van der Waals surface area contributed by atoms with Crippen molar-refractivity contribution in [1.82, 2.24) is 5.32 Å². The summed E-state index contributed by atoms with van der Waals surface area (Å²) in [5.41, 5.74) is 1.77. The zero-order chi connectivity index (χ0) is 15.5. The molecular formula is C17H27NO2S. The van der Waals surface area contributed by atoms with Crippen molar-refractivity contribution in [3.05, 3.63) is 17.7 Å². The highest BCUT2D eigenvalue weighted by molar-refractivity contribution is 7.98. The van der Waals surface area contributed by atoms with Crippen LogP contribution in [-0.2, 0) is 6.54 Å². The maximum atomic E-state index is 5.42. The number of hydrogen-bond donors (Lipinski definition) is 1. The zero-order valence-electron chi connectivity index (χ0n) is 13.8. The molecule has 1 atom stereocenters. The van der Waals surface area contributed by atoms with Crippen molar-refractivity contribution in [3.8, 4) is 11.5 Å². The van der Waals surface area contributed by atoms with Crippen LogP contribution in [0.5, 0.6) is 11.5 Å². The third kappa shape index (κ3) is 4.07. The molecule has 0 aliphatic heterocycles. The average Bonchev–Trinajstić information content (AvgIpc) is 2.83. The van der Waals surface area contributed by atoms with E-state index in [4.69, 9.17) is 9.47 Å². The number of ether oxygens (including phenoxy) is 2. The fourth-order valence-corrected chi connectivity index (χ4v) is 3.71. The van der Waals surface area contributed by atoms with E-state index in [1.54, 1.807) is 26.0 Å². The monoisotopic (exact) mass is 309 g/mol. The zero-order valence-corrected chi connectivity index (χ0v) is 14.6. The Bertz CT molecular complexity index is 488. The summed E-state index contributed by atoms with van der Waals surface area (Å²) in [5, 5.41) is 3.71. The highest BCUT2D eigenvalue weighted by Crippen LogP contribution is 2.38. The van der Waals surface area contributed by atoms with E-state index in [2.05, 4.69) is 37.6 Å². The second kappa shape index (κ2) is 6.93. The summed E-state index contributed by atoms with van der Waals surface area (Å²) < 4.78 is 10.8. The lowest BCUT2D eigenvalue weighted by Crippen LogP contribution is -2.27. The number of nitrogens with one attached hydrogen (secondary N) is 1. The maximum Gasteiger partial charge on any atom is 0.161 e. The van der Waals surface area contributed by atoms with Crippen LogP contribution in [0.3, 0.4) is 0 Å². The standard InChI is InChI=1S/C17H27NO2S/c1-17(2)7-6-13(10-17)18-11-12-8-14(19-3)15(20-4)9-16(12)21-5/h8-9,13,18H,6-7,10-11H2,1-5H3. The molecule has 0 amide bonds. The molecule has 2 rings (SSSR count). The smallest absolute Gasteiger partial charge is 0.161 e. The van der Waals surface area contributed by atoms with Crippen LogP contribution < -0.4 is 14.8 Å². The van der Waals surface area contributed by atoms with Gasteiger partial charge in [0.05, 0.1) is 14.2 Å². The summed E-state index contributed by atoms with van der Waals surface area (Å²) >= 11 is 1.75. The fourth-order valence-electron chi connectivity index (χ4n) is 3.10. The molecule has 118 valence electrons. The molecule has 3 nitrogen and oxygen atoms in total. The highest BCUT2D eigenvalue weighted by Gasteiger charge is 2.30. The quantitative estimate of drug-likeness (QED) is 0.802. The van der Waals surface area contributed by atoms with E-state index >= 15 is 0 Å². The first-order valence-corrected chi connectivity index (χ1v) is 8.74. The predicted molar refractivity (Wildman–Crippen MR) is 89.6 cm³/mol. The number of benzene rings is 1. The molecule has 1 aliphatic rings. The van der Waals surface area contributed by atoms with E-state index < -0.39 is 0 Å².